The van der Waals surface area contributed by atoms with Crippen LogP contribution in [0.5, 0.6) is 0 Å². The van der Waals surface area contributed by atoms with Crippen LogP contribution >= 0.6 is 11.3 Å². The third kappa shape index (κ3) is 4.85. The first kappa shape index (κ1) is 17.0. The van der Waals surface area contributed by atoms with Crippen molar-refractivity contribution in [3.05, 3.63) is 28.5 Å². The van der Waals surface area contributed by atoms with Crippen LogP contribution in [0.4, 0.5) is 4.79 Å². The second-order valence-corrected chi connectivity index (χ2v) is 7.73. The summed E-state index contributed by atoms with van der Waals surface area (Å²) in [5.74, 6) is 0. The van der Waals surface area contributed by atoms with E-state index in [1.54, 1.807) is 18.3 Å². The maximum absolute atomic E-state index is 12.2. The third-order valence-corrected chi connectivity index (χ3v) is 4.85. The number of rotatable bonds is 5. The first-order valence-corrected chi connectivity index (χ1v) is 8.69. The number of nitrogens with zero attached hydrogens (tertiary/aromatic N) is 1. The molecule has 22 heavy (non-hydrogen) atoms. The predicted octanol–water partition coefficient (Wildman–Crippen LogP) is 3.34. The van der Waals surface area contributed by atoms with E-state index in [9.17, 15) is 9.90 Å². The molecular weight excluding hydrogens is 296 g/mol. The second kappa shape index (κ2) is 7.29. The fourth-order valence-corrected chi connectivity index (χ4v) is 3.63. The second-order valence-electron chi connectivity index (χ2n) is 6.78. The Hall–Kier alpha value is -1.33. The maximum Gasteiger partial charge on any atom is 0.317 e. The van der Waals surface area contributed by atoms with E-state index in [1.807, 2.05) is 4.90 Å². The number of amides is 2. The van der Waals surface area contributed by atoms with Crippen LogP contribution in [0.1, 0.15) is 38.5 Å². The van der Waals surface area contributed by atoms with Gasteiger partial charge in [0, 0.05) is 24.5 Å². The largest absolute Gasteiger partial charge is 0.393 e. The van der Waals surface area contributed by atoms with Crippen molar-refractivity contribution in [2.24, 2.45) is 5.41 Å². The molecule has 5 heteroatoms. The monoisotopic (exact) mass is 322 g/mol. The molecular formula is C17H26N2O2S. The number of carbonyl (C=O) groups is 1. The molecule has 1 aliphatic heterocycles. The zero-order chi connectivity index (χ0) is 16.2. The minimum absolute atomic E-state index is 0.0138. The highest BCUT2D eigenvalue weighted by atomic mass is 32.1. The molecule has 0 aromatic carbocycles. The molecule has 2 heterocycles. The topological polar surface area (TPSA) is 52.6 Å². The van der Waals surface area contributed by atoms with Gasteiger partial charge in [-0.2, -0.15) is 0 Å². The number of aliphatic hydroxyl groups is 1. The van der Waals surface area contributed by atoms with E-state index < -0.39 is 0 Å². The lowest BCUT2D eigenvalue weighted by molar-refractivity contribution is 0.127. The highest BCUT2D eigenvalue weighted by molar-refractivity contribution is 7.11. The Balaban J connectivity index is 1.82. The van der Waals surface area contributed by atoms with E-state index in [0.717, 1.165) is 13.0 Å². The highest BCUT2D eigenvalue weighted by Gasteiger charge is 2.23. The molecule has 2 rings (SSSR count). The zero-order valence-electron chi connectivity index (χ0n) is 13.6. The van der Waals surface area contributed by atoms with Crippen molar-refractivity contribution >= 4 is 22.9 Å². The lowest BCUT2D eigenvalue weighted by Gasteiger charge is -2.30. The number of nitrogens with one attached hydrogen (secondary N) is 1. The van der Waals surface area contributed by atoms with Crippen molar-refractivity contribution < 1.29 is 9.90 Å². The summed E-state index contributed by atoms with van der Waals surface area (Å²) >= 11 is 1.75. The molecule has 0 radical (unpaired) electrons. The van der Waals surface area contributed by atoms with E-state index in [4.69, 9.17) is 0 Å². The van der Waals surface area contributed by atoms with Gasteiger partial charge in [-0.25, -0.2) is 4.79 Å². The molecule has 1 atom stereocenters. The molecule has 0 saturated heterocycles. The smallest absolute Gasteiger partial charge is 0.317 e. The van der Waals surface area contributed by atoms with Crippen molar-refractivity contribution in [1.82, 2.24) is 10.2 Å². The summed E-state index contributed by atoms with van der Waals surface area (Å²) in [6, 6.07) is 4.18. The molecule has 1 unspecified atom stereocenters. The van der Waals surface area contributed by atoms with Crippen molar-refractivity contribution in [2.75, 3.05) is 19.6 Å². The fraction of sp³-hybridized carbons (Fsp3) is 0.588. The van der Waals surface area contributed by atoms with Crippen LogP contribution in [0.15, 0.2) is 23.6 Å². The minimum Gasteiger partial charge on any atom is -0.393 e. The summed E-state index contributed by atoms with van der Waals surface area (Å²) in [5, 5.41) is 14.6. The molecule has 0 saturated carbocycles. The third-order valence-electron chi connectivity index (χ3n) is 3.90. The average Bonchev–Trinajstić information content (AvgIpc) is 2.98. The van der Waals surface area contributed by atoms with Gasteiger partial charge in [-0.3, -0.25) is 0 Å². The number of aliphatic hydroxyl groups excluding tert-OH is 1. The van der Waals surface area contributed by atoms with Gasteiger partial charge in [0.2, 0.25) is 0 Å². The molecule has 2 amide bonds. The van der Waals surface area contributed by atoms with Crippen LogP contribution in [0.3, 0.4) is 0 Å². The van der Waals surface area contributed by atoms with E-state index >= 15 is 0 Å². The van der Waals surface area contributed by atoms with Gasteiger partial charge < -0.3 is 15.3 Å². The van der Waals surface area contributed by atoms with Crippen molar-refractivity contribution in [2.45, 2.75) is 39.7 Å². The van der Waals surface area contributed by atoms with Gasteiger partial charge in [0.25, 0.3) is 0 Å². The van der Waals surface area contributed by atoms with Gasteiger partial charge in [0.05, 0.1) is 6.10 Å². The Morgan fingerprint density at radius 1 is 1.55 bits per heavy atom. The lowest BCUT2D eigenvalue weighted by atomic mass is 9.87. The Morgan fingerprint density at radius 3 is 2.86 bits per heavy atom. The molecule has 2 N–H and O–H groups in total. The van der Waals surface area contributed by atoms with Crippen molar-refractivity contribution in [1.29, 1.82) is 0 Å². The zero-order valence-corrected chi connectivity index (χ0v) is 14.4. The molecule has 1 aromatic rings. The van der Waals surface area contributed by atoms with Crippen LogP contribution in [0, 0.1) is 5.41 Å². The molecule has 1 aliphatic rings. The predicted molar refractivity (Wildman–Crippen MR) is 92.0 cm³/mol. The quantitative estimate of drug-likeness (QED) is 0.873. The SMILES string of the molecule is CC(O)CC(C)(C)CNC(=O)N1CC=C(c2cccs2)CC1. The van der Waals surface area contributed by atoms with Gasteiger partial charge in [-0.05, 0) is 42.2 Å². The molecule has 122 valence electrons. The van der Waals surface area contributed by atoms with Crippen molar-refractivity contribution in [3.63, 3.8) is 0 Å². The molecule has 1 aromatic heterocycles. The Kier molecular flexibility index (Phi) is 5.64. The van der Waals surface area contributed by atoms with E-state index in [1.165, 1.54) is 10.5 Å². The molecule has 0 fully saturated rings. The van der Waals surface area contributed by atoms with Crippen molar-refractivity contribution in [3.8, 4) is 0 Å². The first-order chi connectivity index (χ1) is 10.4. The maximum atomic E-state index is 12.2. The van der Waals surface area contributed by atoms with Crippen LogP contribution in [-0.4, -0.2) is 41.8 Å². The number of urea groups is 1. The average molecular weight is 322 g/mol. The summed E-state index contributed by atoms with van der Waals surface area (Å²) in [7, 11) is 0. The van der Waals surface area contributed by atoms with Gasteiger partial charge in [-0.1, -0.05) is 26.0 Å². The normalized spacial score (nSPS) is 17.1. The Labute approximate surface area is 136 Å². The summed E-state index contributed by atoms with van der Waals surface area (Å²) in [4.78, 5) is 15.4. The van der Waals surface area contributed by atoms with Crippen LogP contribution in [0.25, 0.3) is 5.57 Å². The fourth-order valence-electron chi connectivity index (χ4n) is 2.84. The molecule has 4 nitrogen and oxygen atoms in total. The Bertz CT molecular complexity index is 521. The summed E-state index contributed by atoms with van der Waals surface area (Å²) < 4.78 is 0. The molecule has 0 spiro atoms. The highest BCUT2D eigenvalue weighted by Crippen LogP contribution is 2.26. The van der Waals surface area contributed by atoms with Crippen LogP contribution < -0.4 is 5.32 Å². The summed E-state index contributed by atoms with van der Waals surface area (Å²) in [6.45, 7) is 7.90. The summed E-state index contributed by atoms with van der Waals surface area (Å²) in [6.07, 6.45) is 3.38. The van der Waals surface area contributed by atoms with Gasteiger partial charge in [-0.15, -0.1) is 11.3 Å². The number of hydrogen-bond acceptors (Lipinski definition) is 3. The molecule has 0 aliphatic carbocycles. The van der Waals surface area contributed by atoms with E-state index in [2.05, 4.69) is 42.8 Å². The standard InChI is InChI=1S/C17H26N2O2S/c1-13(20)11-17(2,3)12-18-16(21)19-8-6-14(7-9-19)15-5-4-10-22-15/h4-6,10,13,20H,7-9,11-12H2,1-3H3,(H,18,21). The lowest BCUT2D eigenvalue weighted by Crippen LogP contribution is -2.45. The summed E-state index contributed by atoms with van der Waals surface area (Å²) in [5.41, 5.74) is 1.24. The molecule has 0 bridgehead atoms. The van der Waals surface area contributed by atoms with E-state index in [0.29, 0.717) is 19.5 Å². The minimum atomic E-state index is -0.349. The van der Waals surface area contributed by atoms with Crippen LogP contribution in [0.2, 0.25) is 0 Å². The number of carbonyl (C=O) groups excluding carboxylic acids is 1. The number of hydrogen-bond donors (Lipinski definition) is 2. The van der Waals surface area contributed by atoms with Gasteiger partial charge >= 0.3 is 6.03 Å². The number of thiophene rings is 1. The van der Waals surface area contributed by atoms with Gasteiger partial charge in [0.1, 0.15) is 0 Å². The van der Waals surface area contributed by atoms with Gasteiger partial charge in [0.15, 0.2) is 0 Å². The Morgan fingerprint density at radius 2 is 2.32 bits per heavy atom. The van der Waals surface area contributed by atoms with E-state index in [-0.39, 0.29) is 17.6 Å². The first-order valence-electron chi connectivity index (χ1n) is 7.81. The van der Waals surface area contributed by atoms with Crippen LogP contribution in [-0.2, 0) is 0 Å².